The van der Waals surface area contributed by atoms with Crippen LogP contribution in [0.2, 0.25) is 0 Å². The Morgan fingerprint density at radius 2 is 1.17 bits per heavy atom. The van der Waals surface area contributed by atoms with Gasteiger partial charge in [-0.05, 0) is 137 Å². The highest BCUT2D eigenvalue weighted by atomic mass is 127. The summed E-state index contributed by atoms with van der Waals surface area (Å²) >= 11 is 10.0. The fraction of sp³-hybridized carbons (Fsp3) is 0. The molecular weight excluding hydrogens is 1110 g/mol. The third-order valence-electron chi connectivity index (χ3n) is 5.93. The van der Waals surface area contributed by atoms with Crippen LogP contribution < -0.4 is 9.47 Å². The van der Waals surface area contributed by atoms with Gasteiger partial charge in [0.25, 0.3) is 10.1 Å². The molecule has 0 saturated carbocycles. The molecule has 0 atom stereocenters. The van der Waals surface area contributed by atoms with Crippen LogP contribution in [0.3, 0.4) is 0 Å². The number of carbonyl (C=O) groups is 2. The molecule has 0 amide bonds. The van der Waals surface area contributed by atoms with Crippen LogP contribution in [0, 0.1) is 17.9 Å². The topological polar surface area (TPSA) is 107 Å². The Hall–Kier alpha value is -0.880. The number of ether oxygens (including phenoxy) is 2. The van der Waals surface area contributed by atoms with E-state index in [2.05, 4.69) is 67.8 Å². The number of hydrogen-bond acceptors (Lipinski definition) is 6. The number of benzene rings is 5. The molecule has 0 aromatic heterocycles. The first-order valence-electron chi connectivity index (χ1n) is 11.4. The molecule has 208 valence electrons. The van der Waals surface area contributed by atoms with E-state index in [0.29, 0.717) is 32.9 Å². The van der Waals surface area contributed by atoms with Crippen molar-refractivity contribution in [1.29, 1.82) is 0 Å². The van der Waals surface area contributed by atoms with E-state index in [1.807, 2.05) is 6.07 Å². The van der Waals surface area contributed by atoms with Gasteiger partial charge in [-0.1, -0.05) is 48.5 Å². The standard InChI is InChI=1S/C28H13I5O7S/c29-13-9-19(24(33)20(30)10-13)27(34)40-25-17-7-3-1-5-15(17)23(16-6-2-4-8-18(16)25)28(35)39-14-11-21(31)26(22(32)12-14)41(36,37)38/h1-12H,(H,36,37,38). The summed E-state index contributed by atoms with van der Waals surface area (Å²) < 4.78 is 47.9. The Labute approximate surface area is 302 Å². The van der Waals surface area contributed by atoms with Gasteiger partial charge in [0.2, 0.25) is 0 Å². The summed E-state index contributed by atoms with van der Waals surface area (Å²) in [5.41, 5.74) is 0.703. The van der Waals surface area contributed by atoms with Gasteiger partial charge in [-0.25, -0.2) is 9.59 Å². The Kier molecular flexibility index (Phi) is 9.71. The molecule has 0 aliphatic rings. The van der Waals surface area contributed by atoms with Crippen LogP contribution in [-0.2, 0) is 10.1 Å². The normalized spacial score (nSPS) is 11.6. The maximum absolute atomic E-state index is 13.7. The lowest BCUT2D eigenvalue weighted by Crippen LogP contribution is -2.14. The predicted octanol–water partition coefficient (Wildman–Crippen LogP) is 8.70. The summed E-state index contributed by atoms with van der Waals surface area (Å²) in [5, 5.41) is 2.13. The van der Waals surface area contributed by atoms with Crippen LogP contribution in [0.25, 0.3) is 21.5 Å². The van der Waals surface area contributed by atoms with E-state index >= 15 is 0 Å². The van der Waals surface area contributed by atoms with Crippen molar-refractivity contribution in [3.63, 3.8) is 0 Å². The summed E-state index contributed by atoms with van der Waals surface area (Å²) in [6.45, 7) is 0. The van der Waals surface area contributed by atoms with Gasteiger partial charge in [0.15, 0.2) is 0 Å². The number of esters is 2. The summed E-state index contributed by atoms with van der Waals surface area (Å²) in [7, 11) is -4.46. The van der Waals surface area contributed by atoms with E-state index in [9.17, 15) is 22.6 Å². The average molecular weight is 1130 g/mol. The molecule has 13 heteroatoms. The summed E-state index contributed by atoms with van der Waals surface area (Å²) in [6.07, 6.45) is 0. The van der Waals surface area contributed by atoms with E-state index in [-0.39, 0.29) is 23.3 Å². The summed E-state index contributed by atoms with van der Waals surface area (Å²) in [6, 6.07) is 20.7. The number of carbonyl (C=O) groups excluding carboxylic acids is 2. The van der Waals surface area contributed by atoms with Crippen LogP contribution in [-0.4, -0.2) is 24.9 Å². The molecule has 0 aliphatic carbocycles. The Balaban J connectivity index is 1.64. The highest BCUT2D eigenvalue weighted by molar-refractivity contribution is 14.1. The van der Waals surface area contributed by atoms with Gasteiger partial charge in [-0.15, -0.1) is 0 Å². The van der Waals surface area contributed by atoms with Gasteiger partial charge in [-0.2, -0.15) is 8.42 Å². The molecule has 0 radical (unpaired) electrons. The van der Waals surface area contributed by atoms with Crippen LogP contribution in [0.5, 0.6) is 11.5 Å². The molecule has 0 spiro atoms. The predicted molar refractivity (Wildman–Crippen MR) is 198 cm³/mol. The van der Waals surface area contributed by atoms with Gasteiger partial charge >= 0.3 is 11.9 Å². The second kappa shape index (κ2) is 12.6. The third-order valence-corrected chi connectivity index (χ3v) is 13.0. The molecule has 0 fully saturated rings. The first-order valence-corrected chi connectivity index (χ1v) is 18.2. The lowest BCUT2D eigenvalue weighted by molar-refractivity contribution is 0.0731. The molecule has 41 heavy (non-hydrogen) atoms. The van der Waals surface area contributed by atoms with Gasteiger partial charge in [-0.3, -0.25) is 4.55 Å². The van der Waals surface area contributed by atoms with Crippen LogP contribution >= 0.6 is 113 Å². The number of hydrogen-bond donors (Lipinski definition) is 1. The largest absolute Gasteiger partial charge is 0.423 e. The molecular formula is C28H13I5O7S. The van der Waals surface area contributed by atoms with Gasteiger partial charge in [0.1, 0.15) is 16.4 Å². The van der Waals surface area contributed by atoms with Gasteiger partial charge < -0.3 is 9.47 Å². The molecule has 0 saturated heterocycles. The first kappa shape index (κ1) is 31.5. The Morgan fingerprint density at radius 1 is 0.659 bits per heavy atom. The third kappa shape index (κ3) is 6.49. The van der Waals surface area contributed by atoms with Crippen LogP contribution in [0.15, 0.2) is 77.7 Å². The molecule has 0 bridgehead atoms. The smallest absolute Gasteiger partial charge is 0.344 e. The van der Waals surface area contributed by atoms with Gasteiger partial charge in [0.05, 0.1) is 11.1 Å². The molecule has 1 N–H and O–H groups in total. The molecule has 5 aromatic rings. The number of halogens is 5. The molecule has 5 rings (SSSR count). The van der Waals surface area contributed by atoms with E-state index < -0.39 is 22.1 Å². The van der Waals surface area contributed by atoms with E-state index in [4.69, 9.17) is 9.47 Å². The Morgan fingerprint density at radius 3 is 1.68 bits per heavy atom. The van der Waals surface area contributed by atoms with Crippen molar-refractivity contribution in [3.05, 3.63) is 102 Å². The average Bonchev–Trinajstić information content (AvgIpc) is 2.89. The first-order chi connectivity index (χ1) is 19.4. The van der Waals surface area contributed by atoms with Crippen molar-refractivity contribution in [2.24, 2.45) is 0 Å². The SMILES string of the molecule is O=C(Oc1c2ccccc2c(C(=O)Oc2cc(I)c(S(=O)(=O)O)c(I)c2)c2ccccc12)c1cc(I)cc(I)c1I. The van der Waals surface area contributed by atoms with Crippen LogP contribution in [0.1, 0.15) is 20.7 Å². The second-order valence-electron chi connectivity index (χ2n) is 8.51. The highest BCUT2D eigenvalue weighted by Gasteiger charge is 2.25. The van der Waals surface area contributed by atoms with Crippen molar-refractivity contribution >= 4 is 157 Å². The quantitative estimate of drug-likeness (QED) is 0.0469. The second-order valence-corrected chi connectivity index (χ2v) is 15.7. The maximum atomic E-state index is 13.7. The fourth-order valence-electron chi connectivity index (χ4n) is 4.27. The highest BCUT2D eigenvalue weighted by Crippen LogP contribution is 2.40. The van der Waals surface area contributed by atoms with Crippen molar-refractivity contribution < 1.29 is 32.0 Å². The van der Waals surface area contributed by atoms with E-state index in [0.717, 1.165) is 10.7 Å². The van der Waals surface area contributed by atoms with Crippen molar-refractivity contribution in [2.75, 3.05) is 0 Å². The zero-order valence-corrected chi connectivity index (χ0v) is 31.7. The minimum Gasteiger partial charge on any atom is -0.423 e. The Bertz CT molecular complexity index is 1950. The van der Waals surface area contributed by atoms with Crippen molar-refractivity contribution in [1.82, 2.24) is 0 Å². The monoisotopic (exact) mass is 1130 g/mol. The van der Waals surface area contributed by atoms with E-state index in [1.54, 1.807) is 99.8 Å². The minimum atomic E-state index is -4.46. The van der Waals surface area contributed by atoms with Crippen molar-refractivity contribution in [2.45, 2.75) is 4.90 Å². The summed E-state index contributed by atoms with van der Waals surface area (Å²) in [4.78, 5) is 26.9. The van der Waals surface area contributed by atoms with Crippen molar-refractivity contribution in [3.8, 4) is 11.5 Å². The van der Waals surface area contributed by atoms with Gasteiger partial charge in [0, 0.05) is 39.4 Å². The molecule has 0 aliphatic heterocycles. The minimum absolute atomic E-state index is 0.114. The zero-order chi connectivity index (χ0) is 29.6. The molecule has 5 aromatic carbocycles. The number of fused-ring (bicyclic) bond motifs is 2. The molecule has 0 unspecified atom stereocenters. The van der Waals surface area contributed by atoms with E-state index in [1.165, 1.54) is 12.1 Å². The zero-order valence-electron chi connectivity index (χ0n) is 20.1. The molecule has 0 heterocycles. The number of rotatable bonds is 5. The lowest BCUT2D eigenvalue weighted by Gasteiger charge is -2.17. The fourth-order valence-corrected chi connectivity index (χ4v) is 10.6. The lowest BCUT2D eigenvalue weighted by atomic mass is 9.95. The summed E-state index contributed by atoms with van der Waals surface area (Å²) in [5.74, 6) is -0.755. The molecule has 7 nitrogen and oxygen atoms in total. The maximum Gasteiger partial charge on any atom is 0.344 e. The van der Waals surface area contributed by atoms with Crippen LogP contribution in [0.4, 0.5) is 0 Å².